The van der Waals surface area contributed by atoms with Gasteiger partial charge in [-0.1, -0.05) is 6.92 Å². The van der Waals surface area contributed by atoms with Gasteiger partial charge in [-0.3, -0.25) is 9.69 Å². The molecule has 4 rings (SSSR count). The Labute approximate surface area is 211 Å². The molecule has 2 aromatic rings. The van der Waals surface area contributed by atoms with Crippen LogP contribution in [0.3, 0.4) is 0 Å². The van der Waals surface area contributed by atoms with E-state index in [0.29, 0.717) is 36.1 Å². The average Bonchev–Trinajstić information content (AvgIpc) is 2.87. The zero-order chi connectivity index (χ0) is 25.7. The highest BCUT2D eigenvalue weighted by atomic mass is 19.1. The molecule has 1 atom stereocenters. The maximum absolute atomic E-state index is 14.7. The van der Waals surface area contributed by atoms with Crippen LogP contribution in [-0.4, -0.2) is 101 Å². The number of amides is 1. The quantitative estimate of drug-likeness (QED) is 0.291. The van der Waals surface area contributed by atoms with Crippen molar-refractivity contribution in [3.63, 3.8) is 0 Å². The van der Waals surface area contributed by atoms with Gasteiger partial charge < -0.3 is 29.9 Å². The lowest BCUT2D eigenvalue weighted by molar-refractivity contribution is -0.134. The molecule has 1 aromatic carbocycles. The standard InChI is InChI=1S/C26H35FN6O3/c1-3-30-11-13-32(14-12-30)21-16-33(17-21)25-23(27)10-7-20(29-25)15-31(4-2)26(36)24(18-34)28-19-5-8-22(35)9-6-19/h5-10,18,21,24,28,35H,3-4,11-17H2,1-2H3. The summed E-state index contributed by atoms with van der Waals surface area (Å²) in [7, 11) is 0. The maximum Gasteiger partial charge on any atom is 0.252 e. The van der Waals surface area contributed by atoms with Gasteiger partial charge in [-0.2, -0.15) is 0 Å². The molecule has 0 bridgehead atoms. The number of benzene rings is 1. The van der Waals surface area contributed by atoms with E-state index >= 15 is 0 Å². The summed E-state index contributed by atoms with van der Waals surface area (Å²) < 4.78 is 14.7. The molecule has 10 heteroatoms. The fraction of sp³-hybridized carbons (Fsp3) is 0.500. The van der Waals surface area contributed by atoms with Crippen LogP contribution in [0, 0.1) is 5.82 Å². The van der Waals surface area contributed by atoms with E-state index in [1.165, 1.54) is 23.1 Å². The molecule has 2 saturated heterocycles. The van der Waals surface area contributed by atoms with E-state index in [9.17, 15) is 19.1 Å². The number of aromatic nitrogens is 1. The lowest BCUT2D eigenvalue weighted by atomic mass is 10.1. The normalized spacial score (nSPS) is 17.9. The summed E-state index contributed by atoms with van der Waals surface area (Å²) >= 11 is 0. The van der Waals surface area contributed by atoms with Crippen molar-refractivity contribution < 1.29 is 19.1 Å². The first kappa shape index (κ1) is 25.8. The Morgan fingerprint density at radius 1 is 1.17 bits per heavy atom. The predicted molar refractivity (Wildman–Crippen MR) is 137 cm³/mol. The van der Waals surface area contributed by atoms with Crippen molar-refractivity contribution in [3.8, 4) is 5.75 Å². The van der Waals surface area contributed by atoms with Crippen LogP contribution in [-0.2, 0) is 16.1 Å². The van der Waals surface area contributed by atoms with E-state index in [4.69, 9.17) is 0 Å². The molecule has 1 aromatic heterocycles. The minimum Gasteiger partial charge on any atom is -0.508 e. The van der Waals surface area contributed by atoms with Crippen molar-refractivity contribution in [2.45, 2.75) is 32.5 Å². The molecule has 9 nitrogen and oxygen atoms in total. The van der Waals surface area contributed by atoms with E-state index < -0.39 is 11.9 Å². The number of anilines is 2. The number of pyridine rings is 1. The summed E-state index contributed by atoms with van der Waals surface area (Å²) in [4.78, 5) is 37.7. The summed E-state index contributed by atoms with van der Waals surface area (Å²) in [5.74, 6) is -0.366. The molecule has 3 heterocycles. The van der Waals surface area contributed by atoms with Crippen LogP contribution in [0.5, 0.6) is 5.75 Å². The average molecular weight is 499 g/mol. The second-order valence-electron chi connectivity index (χ2n) is 9.29. The number of carbonyl (C=O) groups excluding carboxylic acids is 2. The molecule has 2 N–H and O–H groups in total. The van der Waals surface area contributed by atoms with Gasteiger partial charge in [0.2, 0.25) is 0 Å². The van der Waals surface area contributed by atoms with Gasteiger partial charge in [0.1, 0.15) is 5.75 Å². The summed E-state index contributed by atoms with van der Waals surface area (Å²) in [5, 5.41) is 12.3. The van der Waals surface area contributed by atoms with Crippen LogP contribution in [0.2, 0.25) is 0 Å². The number of halogens is 1. The Morgan fingerprint density at radius 2 is 1.86 bits per heavy atom. The molecule has 1 amide bonds. The number of piperazine rings is 1. The summed E-state index contributed by atoms with van der Waals surface area (Å²) in [6.45, 7) is 11.3. The van der Waals surface area contributed by atoms with Crippen molar-refractivity contribution >= 4 is 23.7 Å². The van der Waals surface area contributed by atoms with Crippen molar-refractivity contribution in [3.05, 3.63) is 47.9 Å². The topological polar surface area (TPSA) is 92.2 Å². The highest BCUT2D eigenvalue weighted by molar-refractivity contribution is 5.98. The van der Waals surface area contributed by atoms with Gasteiger partial charge in [0, 0.05) is 57.5 Å². The number of carbonyl (C=O) groups is 2. The van der Waals surface area contributed by atoms with Crippen LogP contribution in [0.15, 0.2) is 36.4 Å². The molecule has 0 spiro atoms. The third-order valence-corrected chi connectivity index (χ3v) is 7.06. The van der Waals surface area contributed by atoms with Gasteiger partial charge in [0.25, 0.3) is 5.91 Å². The number of phenolic OH excluding ortho intramolecular Hbond substituents is 1. The molecule has 0 saturated carbocycles. The molecule has 0 radical (unpaired) electrons. The number of nitrogens with one attached hydrogen (secondary N) is 1. The Balaban J connectivity index is 1.37. The monoisotopic (exact) mass is 498 g/mol. The number of likely N-dealkylation sites (N-methyl/N-ethyl adjacent to an activating group) is 2. The van der Waals surface area contributed by atoms with Crippen molar-refractivity contribution in [1.29, 1.82) is 0 Å². The van der Waals surface area contributed by atoms with Gasteiger partial charge in [-0.15, -0.1) is 0 Å². The van der Waals surface area contributed by atoms with Gasteiger partial charge >= 0.3 is 0 Å². The second kappa shape index (κ2) is 11.7. The third-order valence-electron chi connectivity index (χ3n) is 7.06. The minimum absolute atomic E-state index is 0.0930. The van der Waals surface area contributed by atoms with E-state index in [1.807, 2.05) is 11.8 Å². The molecular formula is C26H35FN6O3. The van der Waals surface area contributed by atoms with E-state index in [1.54, 1.807) is 18.2 Å². The number of aromatic hydroxyl groups is 1. The highest BCUT2D eigenvalue weighted by Gasteiger charge is 2.35. The molecular weight excluding hydrogens is 463 g/mol. The SMILES string of the molecule is CCN1CCN(C2CN(c3nc(CN(CC)C(=O)C(C=O)Nc4ccc(O)cc4)ccc3F)C2)CC1. The van der Waals surface area contributed by atoms with Gasteiger partial charge in [0.15, 0.2) is 24.0 Å². The molecule has 1 unspecified atom stereocenters. The lowest BCUT2D eigenvalue weighted by Gasteiger charge is -2.48. The number of hydrogen-bond acceptors (Lipinski definition) is 8. The number of rotatable bonds is 10. The minimum atomic E-state index is -1.08. The van der Waals surface area contributed by atoms with Crippen molar-refractivity contribution in [1.82, 2.24) is 19.7 Å². The molecule has 2 aliphatic heterocycles. The van der Waals surface area contributed by atoms with Crippen LogP contribution in [0.25, 0.3) is 0 Å². The summed E-state index contributed by atoms with van der Waals surface area (Å²) in [6.07, 6.45) is 0.557. The van der Waals surface area contributed by atoms with Crippen molar-refractivity contribution in [2.24, 2.45) is 0 Å². The van der Waals surface area contributed by atoms with E-state index in [0.717, 1.165) is 45.8 Å². The first-order valence-corrected chi connectivity index (χ1v) is 12.6. The lowest BCUT2D eigenvalue weighted by Crippen LogP contribution is -2.63. The van der Waals surface area contributed by atoms with Gasteiger partial charge in [0.05, 0.1) is 12.2 Å². The largest absolute Gasteiger partial charge is 0.508 e. The molecule has 36 heavy (non-hydrogen) atoms. The predicted octanol–water partition coefficient (Wildman–Crippen LogP) is 1.78. The van der Waals surface area contributed by atoms with Gasteiger partial charge in [-0.05, 0) is 49.9 Å². The van der Waals surface area contributed by atoms with E-state index in [2.05, 4.69) is 27.0 Å². The highest BCUT2D eigenvalue weighted by Crippen LogP contribution is 2.26. The second-order valence-corrected chi connectivity index (χ2v) is 9.29. The van der Waals surface area contributed by atoms with Crippen LogP contribution >= 0.6 is 0 Å². The first-order chi connectivity index (χ1) is 17.4. The zero-order valence-corrected chi connectivity index (χ0v) is 20.9. The molecule has 194 valence electrons. The molecule has 2 fully saturated rings. The Kier molecular flexibility index (Phi) is 8.37. The van der Waals surface area contributed by atoms with Crippen LogP contribution in [0.4, 0.5) is 15.9 Å². The fourth-order valence-electron chi connectivity index (χ4n) is 4.71. The van der Waals surface area contributed by atoms with E-state index in [-0.39, 0.29) is 18.1 Å². The van der Waals surface area contributed by atoms with Crippen LogP contribution in [0.1, 0.15) is 19.5 Å². The molecule has 2 aliphatic rings. The summed E-state index contributed by atoms with van der Waals surface area (Å²) in [5.41, 5.74) is 1.11. The Bertz CT molecular complexity index is 1040. The number of aldehydes is 1. The molecule has 0 aliphatic carbocycles. The Morgan fingerprint density at radius 3 is 2.47 bits per heavy atom. The van der Waals surface area contributed by atoms with Crippen LogP contribution < -0.4 is 10.2 Å². The zero-order valence-electron chi connectivity index (χ0n) is 20.9. The number of nitrogens with zero attached hydrogens (tertiary/aromatic N) is 5. The first-order valence-electron chi connectivity index (χ1n) is 12.6. The Hall–Kier alpha value is -3.24. The third kappa shape index (κ3) is 5.93. The smallest absolute Gasteiger partial charge is 0.252 e. The van der Waals surface area contributed by atoms with Gasteiger partial charge in [-0.25, -0.2) is 9.37 Å². The summed E-state index contributed by atoms with van der Waals surface area (Å²) in [6, 6.07) is 8.43. The number of phenols is 1. The fourth-order valence-corrected chi connectivity index (χ4v) is 4.71. The van der Waals surface area contributed by atoms with Crippen molar-refractivity contribution in [2.75, 3.05) is 62.6 Å². The number of hydrogen-bond donors (Lipinski definition) is 2. The maximum atomic E-state index is 14.7.